The van der Waals surface area contributed by atoms with Crippen molar-refractivity contribution >= 4 is 33.5 Å². The van der Waals surface area contributed by atoms with Gasteiger partial charge in [-0.05, 0) is 50.0 Å². The Labute approximate surface area is 162 Å². The lowest BCUT2D eigenvalue weighted by molar-refractivity contribution is -0.126. The molecular formula is C21H22FN3OS. The molecule has 0 saturated heterocycles. The van der Waals surface area contributed by atoms with E-state index in [9.17, 15) is 9.18 Å². The quantitative estimate of drug-likeness (QED) is 0.578. The first-order valence-electron chi connectivity index (χ1n) is 8.73. The van der Waals surface area contributed by atoms with E-state index in [0.717, 1.165) is 27.3 Å². The first-order chi connectivity index (χ1) is 13.0. The molecule has 3 aromatic rings. The molecular weight excluding hydrogens is 361 g/mol. The van der Waals surface area contributed by atoms with Gasteiger partial charge in [-0.15, -0.1) is 11.3 Å². The molecule has 0 fully saturated rings. The van der Waals surface area contributed by atoms with Gasteiger partial charge in [0.25, 0.3) is 0 Å². The fourth-order valence-corrected chi connectivity index (χ4v) is 3.52. The second kappa shape index (κ2) is 8.88. The Morgan fingerprint density at radius 3 is 2.70 bits per heavy atom. The van der Waals surface area contributed by atoms with E-state index < -0.39 is 0 Å². The highest BCUT2D eigenvalue weighted by atomic mass is 32.1. The summed E-state index contributed by atoms with van der Waals surface area (Å²) in [5.41, 5.74) is 1.70. The summed E-state index contributed by atoms with van der Waals surface area (Å²) in [6.07, 6.45) is 3.30. The Morgan fingerprint density at radius 2 is 1.96 bits per heavy atom. The first kappa shape index (κ1) is 19.2. The molecule has 3 rings (SSSR count). The van der Waals surface area contributed by atoms with E-state index in [2.05, 4.69) is 4.98 Å². The monoisotopic (exact) mass is 383 g/mol. The van der Waals surface area contributed by atoms with Gasteiger partial charge in [0.15, 0.2) is 0 Å². The highest BCUT2D eigenvalue weighted by Crippen LogP contribution is 2.22. The van der Waals surface area contributed by atoms with Crippen LogP contribution in [0.4, 0.5) is 4.39 Å². The van der Waals surface area contributed by atoms with Gasteiger partial charge in [0, 0.05) is 25.7 Å². The Hall–Kier alpha value is -2.57. The molecule has 0 aliphatic heterocycles. The van der Waals surface area contributed by atoms with E-state index in [-0.39, 0.29) is 11.7 Å². The molecule has 0 unspecified atom stereocenters. The average molecular weight is 383 g/mol. The third-order valence-corrected chi connectivity index (χ3v) is 5.07. The maximum Gasteiger partial charge on any atom is 0.247 e. The summed E-state index contributed by atoms with van der Waals surface area (Å²) in [6.45, 7) is 1.66. The molecule has 140 valence electrons. The fraction of sp³-hybridized carbons (Fsp3) is 0.238. The van der Waals surface area contributed by atoms with Crippen LogP contribution in [0.5, 0.6) is 0 Å². The van der Waals surface area contributed by atoms with Gasteiger partial charge in [-0.25, -0.2) is 9.37 Å². The number of benzene rings is 2. The molecule has 0 atom stereocenters. The lowest BCUT2D eigenvalue weighted by atomic mass is 10.2. The maximum absolute atomic E-state index is 13.5. The van der Waals surface area contributed by atoms with Gasteiger partial charge in [0.1, 0.15) is 10.8 Å². The molecule has 0 spiro atoms. The number of halogens is 1. The van der Waals surface area contributed by atoms with Crippen LogP contribution < -0.4 is 0 Å². The number of rotatable bonds is 7. The van der Waals surface area contributed by atoms with E-state index >= 15 is 0 Å². The largest absolute Gasteiger partial charge is 0.334 e. The van der Waals surface area contributed by atoms with Crippen molar-refractivity contribution in [3.8, 4) is 0 Å². The topological polar surface area (TPSA) is 36.4 Å². The van der Waals surface area contributed by atoms with Gasteiger partial charge >= 0.3 is 0 Å². The van der Waals surface area contributed by atoms with Crippen LogP contribution in [0.25, 0.3) is 16.3 Å². The SMILES string of the molecule is CN(C)CCN(Cc1cccc(F)c1)C(=O)/C=C/c1nc2ccccc2s1. The Bertz CT molecular complexity index is 918. The molecule has 6 heteroatoms. The molecule has 0 bridgehead atoms. The molecule has 0 saturated carbocycles. The van der Waals surface area contributed by atoms with Crippen LogP contribution in [0.15, 0.2) is 54.6 Å². The van der Waals surface area contributed by atoms with Crippen molar-refractivity contribution in [3.63, 3.8) is 0 Å². The van der Waals surface area contributed by atoms with Crippen molar-refractivity contribution in [1.29, 1.82) is 0 Å². The van der Waals surface area contributed by atoms with Crippen LogP contribution in [0.3, 0.4) is 0 Å². The molecule has 0 aliphatic rings. The zero-order valence-electron chi connectivity index (χ0n) is 15.4. The highest BCUT2D eigenvalue weighted by molar-refractivity contribution is 7.19. The average Bonchev–Trinajstić information content (AvgIpc) is 3.06. The minimum Gasteiger partial charge on any atom is -0.334 e. The number of hydrogen-bond acceptors (Lipinski definition) is 4. The molecule has 27 heavy (non-hydrogen) atoms. The number of amides is 1. The van der Waals surface area contributed by atoms with Crippen molar-refractivity contribution in [1.82, 2.24) is 14.8 Å². The minimum atomic E-state index is -0.294. The van der Waals surface area contributed by atoms with E-state index in [1.54, 1.807) is 34.5 Å². The predicted octanol–water partition coefficient (Wildman–Crippen LogP) is 4.04. The zero-order chi connectivity index (χ0) is 19.2. The van der Waals surface area contributed by atoms with Crippen molar-refractivity contribution in [2.45, 2.75) is 6.54 Å². The molecule has 0 radical (unpaired) electrons. The van der Waals surface area contributed by atoms with Crippen molar-refractivity contribution in [2.75, 3.05) is 27.2 Å². The summed E-state index contributed by atoms with van der Waals surface area (Å²) in [7, 11) is 3.92. The number of aromatic nitrogens is 1. The first-order valence-corrected chi connectivity index (χ1v) is 9.54. The maximum atomic E-state index is 13.5. The zero-order valence-corrected chi connectivity index (χ0v) is 16.2. The molecule has 2 aromatic carbocycles. The van der Waals surface area contributed by atoms with E-state index in [0.29, 0.717) is 13.1 Å². The lowest BCUT2D eigenvalue weighted by Gasteiger charge is -2.23. The van der Waals surface area contributed by atoms with Crippen LogP contribution in [-0.2, 0) is 11.3 Å². The van der Waals surface area contributed by atoms with E-state index in [4.69, 9.17) is 0 Å². The van der Waals surface area contributed by atoms with Crippen molar-refractivity contribution < 1.29 is 9.18 Å². The summed E-state index contributed by atoms with van der Waals surface area (Å²) in [5.74, 6) is -0.405. The Morgan fingerprint density at radius 1 is 1.15 bits per heavy atom. The van der Waals surface area contributed by atoms with E-state index in [1.807, 2.05) is 49.3 Å². The molecule has 1 aromatic heterocycles. The fourth-order valence-electron chi connectivity index (χ4n) is 2.65. The van der Waals surface area contributed by atoms with Crippen LogP contribution in [-0.4, -0.2) is 47.9 Å². The van der Waals surface area contributed by atoms with Crippen molar-refractivity contribution in [2.24, 2.45) is 0 Å². The third kappa shape index (κ3) is 5.45. The lowest BCUT2D eigenvalue weighted by Crippen LogP contribution is -2.35. The van der Waals surface area contributed by atoms with E-state index in [1.165, 1.54) is 12.1 Å². The van der Waals surface area contributed by atoms with Gasteiger partial charge in [0.05, 0.1) is 10.2 Å². The van der Waals surface area contributed by atoms with Crippen LogP contribution in [0, 0.1) is 5.82 Å². The van der Waals surface area contributed by atoms with Gasteiger partial charge in [-0.1, -0.05) is 24.3 Å². The molecule has 0 N–H and O–H groups in total. The summed E-state index contributed by atoms with van der Waals surface area (Å²) < 4.78 is 14.6. The number of nitrogens with zero attached hydrogens (tertiary/aromatic N) is 3. The van der Waals surface area contributed by atoms with Crippen molar-refractivity contribution in [3.05, 3.63) is 71.0 Å². The normalized spacial score (nSPS) is 11.6. The van der Waals surface area contributed by atoms with Crippen LogP contribution >= 0.6 is 11.3 Å². The second-order valence-electron chi connectivity index (χ2n) is 6.55. The summed E-state index contributed by atoms with van der Waals surface area (Å²) in [4.78, 5) is 21.0. The van der Waals surface area contributed by atoms with Gasteiger partial charge < -0.3 is 9.80 Å². The molecule has 4 nitrogen and oxygen atoms in total. The number of para-hydroxylation sites is 1. The summed E-state index contributed by atoms with van der Waals surface area (Å²) >= 11 is 1.55. The summed E-state index contributed by atoms with van der Waals surface area (Å²) in [6, 6.07) is 14.3. The predicted molar refractivity (Wildman–Crippen MR) is 109 cm³/mol. The highest BCUT2D eigenvalue weighted by Gasteiger charge is 2.12. The number of thiazole rings is 1. The Balaban J connectivity index is 1.74. The molecule has 1 amide bonds. The number of likely N-dealkylation sites (N-methyl/N-ethyl adjacent to an activating group) is 1. The number of carbonyl (C=O) groups is 1. The number of carbonyl (C=O) groups excluding carboxylic acids is 1. The number of fused-ring (bicyclic) bond motifs is 1. The second-order valence-corrected chi connectivity index (χ2v) is 7.61. The molecule has 1 heterocycles. The standard InChI is InChI=1S/C21H22FN3OS/c1-24(2)12-13-25(15-16-6-5-7-17(22)14-16)21(26)11-10-20-23-18-8-3-4-9-19(18)27-20/h3-11,14H,12-13,15H2,1-2H3/b11-10+. The van der Waals surface area contributed by atoms with Crippen LogP contribution in [0.2, 0.25) is 0 Å². The Kier molecular flexibility index (Phi) is 6.32. The molecule has 0 aliphatic carbocycles. The van der Waals surface area contributed by atoms with Gasteiger partial charge in [0.2, 0.25) is 5.91 Å². The minimum absolute atomic E-state index is 0.111. The summed E-state index contributed by atoms with van der Waals surface area (Å²) in [5, 5.41) is 0.794. The van der Waals surface area contributed by atoms with Gasteiger partial charge in [-0.2, -0.15) is 0 Å². The van der Waals surface area contributed by atoms with Crippen LogP contribution in [0.1, 0.15) is 10.6 Å². The number of hydrogen-bond donors (Lipinski definition) is 0. The van der Waals surface area contributed by atoms with Gasteiger partial charge in [-0.3, -0.25) is 4.79 Å². The third-order valence-electron chi connectivity index (χ3n) is 4.07. The smallest absolute Gasteiger partial charge is 0.247 e.